The second-order valence-corrected chi connectivity index (χ2v) is 4.75. The summed E-state index contributed by atoms with van der Waals surface area (Å²) in [7, 11) is 4.23. The fourth-order valence-electron chi connectivity index (χ4n) is 1.67. The molecule has 0 aliphatic heterocycles. The van der Waals surface area contributed by atoms with Crippen LogP contribution in [0, 0.1) is 13.8 Å². The number of nitrogens with zero attached hydrogens (tertiary/aromatic N) is 1. The van der Waals surface area contributed by atoms with Crippen LogP contribution in [0.3, 0.4) is 0 Å². The van der Waals surface area contributed by atoms with E-state index in [0.717, 1.165) is 19.6 Å². The average Bonchev–Trinajstić information content (AvgIpc) is 2.22. The maximum absolute atomic E-state index is 3.48. The molecule has 2 heteroatoms. The van der Waals surface area contributed by atoms with Gasteiger partial charge < -0.3 is 10.2 Å². The number of hydrogen-bond acceptors (Lipinski definition) is 2. The lowest BCUT2D eigenvalue weighted by atomic mass is 10.1. The molecule has 1 rings (SSSR count). The quantitative estimate of drug-likeness (QED) is 0.740. The zero-order valence-corrected chi connectivity index (χ0v) is 11.0. The molecule has 0 amide bonds. The van der Waals surface area contributed by atoms with E-state index >= 15 is 0 Å². The smallest absolute Gasteiger partial charge is 0.0205 e. The molecule has 90 valence electrons. The van der Waals surface area contributed by atoms with Crippen LogP contribution < -0.4 is 5.32 Å². The van der Waals surface area contributed by atoms with Crippen LogP contribution in [0.1, 0.15) is 23.1 Å². The SMILES string of the molecule is Cc1ccc(CNCCCN(C)C)cc1C. The molecule has 16 heavy (non-hydrogen) atoms. The summed E-state index contributed by atoms with van der Waals surface area (Å²) >= 11 is 0. The van der Waals surface area contributed by atoms with E-state index in [1.54, 1.807) is 0 Å². The maximum Gasteiger partial charge on any atom is 0.0205 e. The second-order valence-electron chi connectivity index (χ2n) is 4.75. The average molecular weight is 220 g/mol. The Morgan fingerprint density at radius 2 is 1.88 bits per heavy atom. The van der Waals surface area contributed by atoms with Crippen LogP contribution in [-0.4, -0.2) is 32.1 Å². The Balaban J connectivity index is 2.24. The van der Waals surface area contributed by atoms with Gasteiger partial charge in [-0.3, -0.25) is 0 Å². The molecule has 0 bridgehead atoms. The zero-order valence-electron chi connectivity index (χ0n) is 11.0. The van der Waals surface area contributed by atoms with E-state index in [0.29, 0.717) is 0 Å². The van der Waals surface area contributed by atoms with E-state index in [9.17, 15) is 0 Å². The molecule has 1 aromatic rings. The number of nitrogens with one attached hydrogen (secondary N) is 1. The molecule has 0 aliphatic rings. The number of benzene rings is 1. The van der Waals surface area contributed by atoms with Gasteiger partial charge in [-0.25, -0.2) is 0 Å². The van der Waals surface area contributed by atoms with Crippen molar-refractivity contribution in [2.45, 2.75) is 26.8 Å². The summed E-state index contributed by atoms with van der Waals surface area (Å²) in [6.45, 7) is 7.55. The summed E-state index contributed by atoms with van der Waals surface area (Å²) in [5, 5.41) is 3.48. The van der Waals surface area contributed by atoms with Crippen LogP contribution in [0.2, 0.25) is 0 Å². The van der Waals surface area contributed by atoms with Crippen molar-refractivity contribution in [3.63, 3.8) is 0 Å². The van der Waals surface area contributed by atoms with E-state index in [1.807, 2.05) is 0 Å². The topological polar surface area (TPSA) is 15.3 Å². The summed E-state index contributed by atoms with van der Waals surface area (Å²) in [6.07, 6.45) is 1.21. The molecule has 0 saturated carbocycles. The minimum Gasteiger partial charge on any atom is -0.313 e. The maximum atomic E-state index is 3.48. The van der Waals surface area contributed by atoms with Crippen molar-refractivity contribution in [2.24, 2.45) is 0 Å². The van der Waals surface area contributed by atoms with Gasteiger partial charge in [0.05, 0.1) is 0 Å². The monoisotopic (exact) mass is 220 g/mol. The van der Waals surface area contributed by atoms with Crippen molar-refractivity contribution in [1.82, 2.24) is 10.2 Å². The van der Waals surface area contributed by atoms with Crippen LogP contribution in [0.15, 0.2) is 18.2 Å². The molecule has 0 unspecified atom stereocenters. The summed E-state index contributed by atoms with van der Waals surface area (Å²) in [4.78, 5) is 2.22. The molecule has 0 aromatic heterocycles. The van der Waals surface area contributed by atoms with Gasteiger partial charge >= 0.3 is 0 Å². The fourth-order valence-corrected chi connectivity index (χ4v) is 1.67. The van der Waals surface area contributed by atoms with Gasteiger partial charge in [0.15, 0.2) is 0 Å². The summed E-state index contributed by atoms with van der Waals surface area (Å²) in [5.41, 5.74) is 4.14. The van der Waals surface area contributed by atoms with Gasteiger partial charge in [-0.15, -0.1) is 0 Å². The second kappa shape index (κ2) is 6.66. The first-order chi connectivity index (χ1) is 7.59. The molecule has 2 nitrogen and oxygen atoms in total. The van der Waals surface area contributed by atoms with Crippen molar-refractivity contribution in [3.05, 3.63) is 34.9 Å². The van der Waals surface area contributed by atoms with Crippen molar-refractivity contribution < 1.29 is 0 Å². The van der Waals surface area contributed by atoms with Crippen molar-refractivity contribution >= 4 is 0 Å². The summed E-state index contributed by atoms with van der Waals surface area (Å²) in [5.74, 6) is 0. The Hall–Kier alpha value is -0.860. The Bertz CT molecular complexity index is 319. The first-order valence-corrected chi connectivity index (χ1v) is 6.01. The minimum absolute atomic E-state index is 0.981. The highest BCUT2D eigenvalue weighted by molar-refractivity contribution is 5.29. The first-order valence-electron chi connectivity index (χ1n) is 6.01. The van der Waals surface area contributed by atoms with E-state index in [4.69, 9.17) is 0 Å². The predicted molar refractivity (Wildman–Crippen MR) is 70.8 cm³/mol. The van der Waals surface area contributed by atoms with E-state index in [-0.39, 0.29) is 0 Å². The van der Waals surface area contributed by atoms with Crippen LogP contribution in [0.5, 0.6) is 0 Å². The van der Waals surface area contributed by atoms with Crippen LogP contribution in [0.25, 0.3) is 0 Å². The first kappa shape index (κ1) is 13.2. The van der Waals surface area contributed by atoms with E-state index in [1.165, 1.54) is 23.1 Å². The van der Waals surface area contributed by atoms with Gasteiger partial charge in [0.1, 0.15) is 0 Å². The molecule has 0 saturated heterocycles. The van der Waals surface area contributed by atoms with Gasteiger partial charge in [0.2, 0.25) is 0 Å². The number of aryl methyl sites for hydroxylation is 2. The van der Waals surface area contributed by atoms with E-state index in [2.05, 4.69) is 56.4 Å². The molecule has 0 radical (unpaired) electrons. The lowest BCUT2D eigenvalue weighted by molar-refractivity contribution is 0.394. The number of rotatable bonds is 6. The molecular formula is C14H24N2. The van der Waals surface area contributed by atoms with Gasteiger partial charge in [-0.2, -0.15) is 0 Å². The van der Waals surface area contributed by atoms with Crippen LogP contribution in [0.4, 0.5) is 0 Å². The van der Waals surface area contributed by atoms with E-state index < -0.39 is 0 Å². The molecule has 1 aromatic carbocycles. The molecule has 0 heterocycles. The predicted octanol–water partition coefficient (Wildman–Crippen LogP) is 2.34. The molecule has 0 spiro atoms. The summed E-state index contributed by atoms with van der Waals surface area (Å²) in [6, 6.07) is 6.68. The van der Waals surface area contributed by atoms with Crippen molar-refractivity contribution in [3.8, 4) is 0 Å². The standard InChI is InChI=1S/C14H24N2/c1-12-6-7-14(10-13(12)2)11-15-8-5-9-16(3)4/h6-7,10,15H,5,8-9,11H2,1-4H3. The summed E-state index contributed by atoms with van der Waals surface area (Å²) < 4.78 is 0. The van der Waals surface area contributed by atoms with Gasteiger partial charge in [-0.1, -0.05) is 18.2 Å². The number of hydrogen-bond donors (Lipinski definition) is 1. The normalized spacial score (nSPS) is 11.1. The molecular weight excluding hydrogens is 196 g/mol. The third-order valence-corrected chi connectivity index (χ3v) is 2.86. The highest BCUT2D eigenvalue weighted by atomic mass is 15.0. The molecule has 1 N–H and O–H groups in total. The highest BCUT2D eigenvalue weighted by Gasteiger charge is 1.96. The Kier molecular flexibility index (Phi) is 5.50. The highest BCUT2D eigenvalue weighted by Crippen LogP contribution is 2.09. The van der Waals surface area contributed by atoms with Crippen molar-refractivity contribution in [1.29, 1.82) is 0 Å². The van der Waals surface area contributed by atoms with Crippen molar-refractivity contribution in [2.75, 3.05) is 27.2 Å². The van der Waals surface area contributed by atoms with Gasteiger partial charge in [-0.05, 0) is 64.1 Å². The van der Waals surface area contributed by atoms with Gasteiger partial charge in [0.25, 0.3) is 0 Å². The third kappa shape index (κ3) is 4.77. The van der Waals surface area contributed by atoms with Gasteiger partial charge in [0, 0.05) is 6.54 Å². The van der Waals surface area contributed by atoms with Crippen LogP contribution >= 0.6 is 0 Å². The zero-order chi connectivity index (χ0) is 12.0. The minimum atomic E-state index is 0.981. The lowest BCUT2D eigenvalue weighted by Crippen LogP contribution is -2.21. The lowest BCUT2D eigenvalue weighted by Gasteiger charge is -2.10. The van der Waals surface area contributed by atoms with Crippen LogP contribution in [-0.2, 0) is 6.54 Å². The molecule has 0 atom stereocenters. The Morgan fingerprint density at radius 1 is 1.12 bits per heavy atom. The molecule has 0 aliphatic carbocycles. The fraction of sp³-hybridized carbons (Fsp3) is 0.571. The Labute approximate surface area is 99.7 Å². The third-order valence-electron chi connectivity index (χ3n) is 2.86. The molecule has 0 fully saturated rings. The largest absolute Gasteiger partial charge is 0.313 e. The Morgan fingerprint density at radius 3 is 2.50 bits per heavy atom.